The summed E-state index contributed by atoms with van der Waals surface area (Å²) in [6.45, 7) is 0. The maximum absolute atomic E-state index is 12.5. The van der Waals surface area contributed by atoms with Crippen molar-refractivity contribution in [1.29, 1.82) is 0 Å². The van der Waals surface area contributed by atoms with E-state index in [0.29, 0.717) is 6.08 Å². The number of carbonyl (C=O) groups is 1. The third-order valence-corrected chi connectivity index (χ3v) is 1.52. The number of aliphatic hydroxyl groups is 1. The molecule has 0 aliphatic heterocycles. The van der Waals surface area contributed by atoms with Crippen LogP contribution in [0.5, 0.6) is 0 Å². The second-order valence-electron chi connectivity index (χ2n) is 2.60. The zero-order valence-corrected chi connectivity index (χ0v) is 7.32. The lowest BCUT2D eigenvalue weighted by Crippen LogP contribution is -2.06. The molecule has 0 atom stereocenters. The first-order chi connectivity index (χ1) is 7.00. The minimum Gasteiger partial charge on any atom is -0.507 e. The van der Waals surface area contributed by atoms with Gasteiger partial charge < -0.3 is 5.11 Å². The van der Waals surface area contributed by atoms with Gasteiger partial charge in [0.1, 0.15) is 5.76 Å². The number of nitrogens with zero attached hydrogens (tertiary/aromatic N) is 1. The van der Waals surface area contributed by atoms with E-state index in [9.17, 15) is 23.1 Å². The molecule has 0 aromatic carbocycles. The molecule has 0 aliphatic rings. The minimum absolute atomic E-state index is 0.0866. The van der Waals surface area contributed by atoms with Gasteiger partial charge in [0.15, 0.2) is 0 Å². The number of aromatic nitrogens is 1. The molecule has 1 heterocycles. The number of hydrogen-bond acceptors (Lipinski definition) is 3. The van der Waals surface area contributed by atoms with E-state index in [1.165, 1.54) is 6.07 Å². The first kappa shape index (κ1) is 11.2. The van der Waals surface area contributed by atoms with Crippen LogP contribution in [0.3, 0.4) is 0 Å². The molecular formula is C9H6F3NO2. The van der Waals surface area contributed by atoms with Crippen LogP contribution in [-0.4, -0.2) is 22.3 Å². The molecule has 80 valence electrons. The Kier molecular flexibility index (Phi) is 3.43. The largest absolute Gasteiger partial charge is 0.507 e. The number of alkyl halides is 2. The van der Waals surface area contributed by atoms with Crippen molar-refractivity contribution in [3.8, 4) is 0 Å². The van der Waals surface area contributed by atoms with Gasteiger partial charge in [-0.3, -0.25) is 4.79 Å². The van der Waals surface area contributed by atoms with Gasteiger partial charge in [-0.2, -0.15) is 4.39 Å². The Bertz CT molecular complexity index is 404. The predicted molar refractivity (Wildman–Crippen MR) is 45.8 cm³/mol. The summed E-state index contributed by atoms with van der Waals surface area (Å²) in [5.41, 5.74) is -0.0866. The van der Waals surface area contributed by atoms with Crippen molar-refractivity contribution in [2.24, 2.45) is 0 Å². The number of allylic oxidation sites excluding steroid dienone is 1. The van der Waals surface area contributed by atoms with Gasteiger partial charge >= 0.3 is 0 Å². The number of pyridine rings is 1. The van der Waals surface area contributed by atoms with Gasteiger partial charge in [0, 0.05) is 23.9 Å². The van der Waals surface area contributed by atoms with Gasteiger partial charge in [0.25, 0.3) is 6.43 Å². The summed E-state index contributed by atoms with van der Waals surface area (Å²) in [5, 5.41) is 9.18. The number of aliphatic hydroxyl groups excluding tert-OH is 1. The third kappa shape index (κ3) is 3.08. The highest BCUT2D eigenvalue weighted by molar-refractivity contribution is 5.97. The smallest absolute Gasteiger partial charge is 0.300 e. The zero-order chi connectivity index (χ0) is 11.4. The molecular weight excluding hydrogens is 211 g/mol. The Morgan fingerprint density at radius 3 is 2.73 bits per heavy atom. The lowest BCUT2D eigenvalue weighted by Gasteiger charge is -1.99. The predicted octanol–water partition coefficient (Wildman–Crippen LogP) is 1.95. The molecule has 0 saturated heterocycles. The lowest BCUT2D eigenvalue weighted by molar-refractivity contribution is -0.124. The van der Waals surface area contributed by atoms with E-state index in [-0.39, 0.29) is 5.56 Å². The maximum atomic E-state index is 12.5. The van der Waals surface area contributed by atoms with Crippen LogP contribution in [0.1, 0.15) is 5.56 Å². The van der Waals surface area contributed by atoms with Gasteiger partial charge in [0.05, 0.1) is 0 Å². The zero-order valence-electron chi connectivity index (χ0n) is 7.32. The fraction of sp³-hybridized carbons (Fsp3) is 0.111. The van der Waals surface area contributed by atoms with Crippen molar-refractivity contribution in [2.45, 2.75) is 6.43 Å². The number of rotatable bonds is 3. The molecule has 0 aliphatic carbocycles. The SMILES string of the molecule is O=C(/C=C(\O)c1ccnc(F)c1)C(F)F. The summed E-state index contributed by atoms with van der Waals surface area (Å²) in [6.07, 6.45) is -1.81. The maximum Gasteiger partial charge on any atom is 0.300 e. The highest BCUT2D eigenvalue weighted by Gasteiger charge is 2.14. The molecule has 0 unspecified atom stereocenters. The van der Waals surface area contributed by atoms with Crippen molar-refractivity contribution in [3.63, 3.8) is 0 Å². The van der Waals surface area contributed by atoms with Gasteiger partial charge in [-0.25, -0.2) is 13.8 Å². The van der Waals surface area contributed by atoms with Crippen LogP contribution in [0.15, 0.2) is 24.4 Å². The van der Waals surface area contributed by atoms with Gasteiger partial charge in [-0.15, -0.1) is 0 Å². The van der Waals surface area contributed by atoms with Crippen molar-refractivity contribution >= 4 is 11.5 Å². The molecule has 0 saturated carbocycles. The van der Waals surface area contributed by atoms with Crippen LogP contribution >= 0.6 is 0 Å². The van der Waals surface area contributed by atoms with Gasteiger partial charge in [0.2, 0.25) is 11.7 Å². The summed E-state index contributed by atoms with van der Waals surface area (Å²) in [4.78, 5) is 13.7. The summed E-state index contributed by atoms with van der Waals surface area (Å²) >= 11 is 0. The van der Waals surface area contributed by atoms with E-state index in [0.717, 1.165) is 12.3 Å². The van der Waals surface area contributed by atoms with Gasteiger partial charge in [-0.05, 0) is 6.07 Å². The number of halogens is 3. The molecule has 0 amide bonds. The third-order valence-electron chi connectivity index (χ3n) is 1.52. The van der Waals surface area contributed by atoms with Crippen molar-refractivity contribution in [2.75, 3.05) is 0 Å². The molecule has 1 aromatic rings. The molecule has 6 heteroatoms. The van der Waals surface area contributed by atoms with Crippen molar-refractivity contribution < 1.29 is 23.1 Å². The molecule has 1 aromatic heterocycles. The minimum atomic E-state index is -3.20. The summed E-state index contributed by atoms with van der Waals surface area (Å²) < 4.78 is 36.1. The molecule has 0 bridgehead atoms. The van der Waals surface area contributed by atoms with Crippen molar-refractivity contribution in [3.05, 3.63) is 35.9 Å². The van der Waals surface area contributed by atoms with Crippen molar-refractivity contribution in [1.82, 2.24) is 4.98 Å². The van der Waals surface area contributed by atoms with E-state index < -0.39 is 23.9 Å². The number of ketones is 1. The monoisotopic (exact) mass is 217 g/mol. The Labute approximate surface area is 82.9 Å². The fourth-order valence-electron chi connectivity index (χ4n) is 0.843. The average Bonchev–Trinajstić information content (AvgIpc) is 2.17. The highest BCUT2D eigenvalue weighted by atomic mass is 19.3. The lowest BCUT2D eigenvalue weighted by atomic mass is 10.2. The Hall–Kier alpha value is -1.85. The average molecular weight is 217 g/mol. The molecule has 0 fully saturated rings. The van der Waals surface area contributed by atoms with Crippen LogP contribution in [0, 0.1) is 5.95 Å². The summed E-state index contributed by atoms with van der Waals surface area (Å²) in [6, 6.07) is 2.01. The van der Waals surface area contributed by atoms with Gasteiger partial charge in [-0.1, -0.05) is 0 Å². The van der Waals surface area contributed by atoms with E-state index in [1.54, 1.807) is 0 Å². The van der Waals surface area contributed by atoms with E-state index in [2.05, 4.69) is 4.98 Å². The Balaban J connectivity index is 2.94. The molecule has 1 rings (SSSR count). The molecule has 1 N–H and O–H groups in total. The molecule has 0 radical (unpaired) electrons. The molecule has 0 spiro atoms. The number of hydrogen-bond donors (Lipinski definition) is 1. The van der Waals surface area contributed by atoms with Crippen LogP contribution in [0.4, 0.5) is 13.2 Å². The normalized spacial score (nSPS) is 11.9. The summed E-state index contributed by atoms with van der Waals surface area (Å²) in [5.74, 6) is -3.14. The van der Waals surface area contributed by atoms with E-state index in [4.69, 9.17) is 0 Å². The first-order valence-electron chi connectivity index (χ1n) is 3.85. The fourth-order valence-corrected chi connectivity index (χ4v) is 0.843. The molecule has 3 nitrogen and oxygen atoms in total. The van der Waals surface area contributed by atoms with Crippen LogP contribution in [-0.2, 0) is 4.79 Å². The quantitative estimate of drug-likeness (QED) is 0.478. The second-order valence-corrected chi connectivity index (χ2v) is 2.60. The van der Waals surface area contributed by atoms with E-state index >= 15 is 0 Å². The van der Waals surface area contributed by atoms with Crippen LogP contribution < -0.4 is 0 Å². The summed E-state index contributed by atoms with van der Waals surface area (Å²) in [7, 11) is 0. The second kappa shape index (κ2) is 4.59. The first-order valence-corrected chi connectivity index (χ1v) is 3.85. The van der Waals surface area contributed by atoms with E-state index in [1.807, 2.05) is 0 Å². The standard InChI is InChI=1S/C9H6F3NO2/c10-8-3-5(1-2-13-8)6(14)4-7(15)9(11)12/h1-4,9,14H/b6-4-. The topological polar surface area (TPSA) is 50.2 Å². The number of carbonyl (C=O) groups excluding carboxylic acids is 1. The highest BCUT2D eigenvalue weighted by Crippen LogP contribution is 2.12. The van der Waals surface area contributed by atoms with Crippen LogP contribution in [0.25, 0.3) is 5.76 Å². The Morgan fingerprint density at radius 1 is 1.53 bits per heavy atom. The molecule has 15 heavy (non-hydrogen) atoms. The Morgan fingerprint density at radius 2 is 2.20 bits per heavy atom. The van der Waals surface area contributed by atoms with Crippen LogP contribution in [0.2, 0.25) is 0 Å².